The molecule has 0 aliphatic carbocycles. The molecular formula is C13H12O5S. The molecule has 2 aromatic carbocycles. The van der Waals surface area contributed by atoms with Crippen LogP contribution in [0.2, 0.25) is 0 Å². The molecule has 0 aromatic heterocycles. The van der Waals surface area contributed by atoms with Crippen LogP contribution in [-0.2, 0) is 10.1 Å². The first kappa shape index (κ1) is 13.2. The summed E-state index contributed by atoms with van der Waals surface area (Å²) in [5, 5.41) is 9.13. The fourth-order valence-corrected chi connectivity index (χ4v) is 2.60. The fraction of sp³-hybridized carbons (Fsp3) is 0.0769. The lowest BCUT2D eigenvalue weighted by Gasteiger charge is -2.10. The molecule has 6 heteroatoms. The highest BCUT2D eigenvalue weighted by molar-refractivity contribution is 7.87. The SMILES string of the molecule is COc1ccccc1S(=O)(=O)Oc1ccc(O)cc1. The molecule has 0 bridgehead atoms. The minimum atomic E-state index is -3.98. The van der Waals surface area contributed by atoms with E-state index in [0.29, 0.717) is 0 Å². The van der Waals surface area contributed by atoms with Crippen molar-refractivity contribution in [3.05, 3.63) is 48.5 Å². The van der Waals surface area contributed by atoms with Gasteiger partial charge in [0.15, 0.2) is 0 Å². The number of phenols is 1. The Balaban J connectivity index is 2.35. The first-order valence-corrected chi connectivity index (χ1v) is 6.80. The molecule has 0 spiro atoms. The van der Waals surface area contributed by atoms with Crippen molar-refractivity contribution in [2.75, 3.05) is 7.11 Å². The van der Waals surface area contributed by atoms with Crippen LogP contribution in [0.15, 0.2) is 53.4 Å². The fourth-order valence-electron chi connectivity index (χ4n) is 1.50. The average molecular weight is 280 g/mol. The maximum atomic E-state index is 12.1. The van der Waals surface area contributed by atoms with E-state index in [1.165, 1.54) is 43.5 Å². The highest BCUT2D eigenvalue weighted by Gasteiger charge is 2.21. The maximum Gasteiger partial charge on any atom is 0.342 e. The van der Waals surface area contributed by atoms with Crippen molar-refractivity contribution in [2.24, 2.45) is 0 Å². The third-order valence-electron chi connectivity index (χ3n) is 2.38. The predicted octanol–water partition coefficient (Wildman–Crippen LogP) is 2.17. The molecule has 0 radical (unpaired) electrons. The number of rotatable bonds is 4. The Morgan fingerprint density at radius 3 is 2.26 bits per heavy atom. The molecule has 2 rings (SSSR count). The molecule has 100 valence electrons. The third kappa shape index (κ3) is 2.97. The lowest BCUT2D eigenvalue weighted by molar-refractivity contribution is 0.398. The maximum absolute atomic E-state index is 12.1. The third-order valence-corrected chi connectivity index (χ3v) is 3.67. The summed E-state index contributed by atoms with van der Waals surface area (Å²) in [7, 11) is -2.59. The molecule has 19 heavy (non-hydrogen) atoms. The first-order valence-electron chi connectivity index (χ1n) is 5.39. The molecule has 0 saturated heterocycles. The quantitative estimate of drug-likeness (QED) is 0.869. The van der Waals surface area contributed by atoms with Crippen LogP contribution in [0.5, 0.6) is 17.2 Å². The van der Waals surface area contributed by atoms with Gasteiger partial charge in [-0.15, -0.1) is 0 Å². The largest absolute Gasteiger partial charge is 0.508 e. The second-order valence-corrected chi connectivity index (χ2v) is 5.20. The van der Waals surface area contributed by atoms with Crippen LogP contribution in [-0.4, -0.2) is 20.6 Å². The number of methoxy groups -OCH3 is 1. The van der Waals surface area contributed by atoms with E-state index < -0.39 is 10.1 Å². The van der Waals surface area contributed by atoms with Gasteiger partial charge in [-0.1, -0.05) is 12.1 Å². The standard InChI is InChI=1S/C13H12O5S/c1-17-12-4-2-3-5-13(12)19(15,16)18-11-8-6-10(14)7-9-11/h2-9,14H,1H3. The summed E-state index contributed by atoms with van der Waals surface area (Å²) < 4.78 is 34.2. The number of benzene rings is 2. The van der Waals surface area contributed by atoms with Crippen LogP contribution in [0.3, 0.4) is 0 Å². The molecule has 2 aromatic rings. The number of hydrogen-bond acceptors (Lipinski definition) is 5. The van der Waals surface area contributed by atoms with E-state index in [1.807, 2.05) is 0 Å². The van der Waals surface area contributed by atoms with Crippen molar-refractivity contribution in [1.82, 2.24) is 0 Å². The normalized spacial score (nSPS) is 11.0. The van der Waals surface area contributed by atoms with Crippen LogP contribution < -0.4 is 8.92 Å². The summed E-state index contributed by atoms with van der Waals surface area (Å²) in [6.45, 7) is 0. The summed E-state index contributed by atoms with van der Waals surface area (Å²) in [6.07, 6.45) is 0. The van der Waals surface area contributed by atoms with Gasteiger partial charge in [0.25, 0.3) is 0 Å². The molecule has 1 N–H and O–H groups in total. The molecule has 5 nitrogen and oxygen atoms in total. The van der Waals surface area contributed by atoms with Gasteiger partial charge in [-0.3, -0.25) is 0 Å². The van der Waals surface area contributed by atoms with Gasteiger partial charge in [0.05, 0.1) is 7.11 Å². The first-order chi connectivity index (χ1) is 9.03. The van der Waals surface area contributed by atoms with Gasteiger partial charge in [-0.05, 0) is 36.4 Å². The summed E-state index contributed by atoms with van der Waals surface area (Å²) in [5.41, 5.74) is 0. The Hall–Kier alpha value is -2.21. The van der Waals surface area contributed by atoms with Crippen LogP contribution in [0, 0.1) is 0 Å². The molecule has 0 amide bonds. The van der Waals surface area contributed by atoms with Crippen molar-refractivity contribution in [3.8, 4) is 17.2 Å². The number of aromatic hydroxyl groups is 1. The lowest BCUT2D eigenvalue weighted by Crippen LogP contribution is -2.10. The Kier molecular flexibility index (Phi) is 3.62. The summed E-state index contributed by atoms with van der Waals surface area (Å²) in [5.74, 6) is 0.354. The van der Waals surface area contributed by atoms with Crippen LogP contribution >= 0.6 is 0 Å². The molecule has 0 aliphatic rings. The smallest absolute Gasteiger partial charge is 0.342 e. The van der Waals surface area contributed by atoms with Crippen molar-refractivity contribution in [2.45, 2.75) is 4.90 Å². The zero-order valence-electron chi connectivity index (χ0n) is 10.1. The van der Waals surface area contributed by atoms with Crippen molar-refractivity contribution in [3.63, 3.8) is 0 Å². The number of phenolic OH excluding ortho intramolecular Hbond substituents is 1. The Morgan fingerprint density at radius 1 is 1.00 bits per heavy atom. The van der Waals surface area contributed by atoms with E-state index in [2.05, 4.69) is 0 Å². The summed E-state index contributed by atoms with van der Waals surface area (Å²) in [6, 6.07) is 11.6. The highest BCUT2D eigenvalue weighted by Crippen LogP contribution is 2.27. The minimum absolute atomic E-state index is 0.0297. The van der Waals surface area contributed by atoms with E-state index in [9.17, 15) is 8.42 Å². The van der Waals surface area contributed by atoms with Gasteiger partial charge in [0.1, 0.15) is 22.1 Å². The van der Waals surface area contributed by atoms with Crippen LogP contribution in [0.1, 0.15) is 0 Å². The van der Waals surface area contributed by atoms with Gasteiger partial charge >= 0.3 is 10.1 Å². The molecule has 0 unspecified atom stereocenters. The number of hydrogen-bond donors (Lipinski definition) is 1. The highest BCUT2D eigenvalue weighted by atomic mass is 32.2. The van der Waals surface area contributed by atoms with Gasteiger partial charge < -0.3 is 14.0 Å². The molecule has 0 aliphatic heterocycles. The summed E-state index contributed by atoms with van der Waals surface area (Å²) >= 11 is 0. The zero-order chi connectivity index (χ0) is 13.9. The van der Waals surface area contributed by atoms with Crippen LogP contribution in [0.25, 0.3) is 0 Å². The molecular weight excluding hydrogens is 268 g/mol. The van der Waals surface area contributed by atoms with E-state index in [0.717, 1.165) is 0 Å². The monoisotopic (exact) mass is 280 g/mol. The number of ether oxygens (including phenoxy) is 1. The molecule has 0 heterocycles. The zero-order valence-corrected chi connectivity index (χ0v) is 10.9. The molecule has 0 fully saturated rings. The van der Waals surface area contributed by atoms with Crippen molar-refractivity contribution < 1.29 is 22.4 Å². The van der Waals surface area contributed by atoms with Gasteiger partial charge in [0.2, 0.25) is 0 Å². The second kappa shape index (κ2) is 5.19. The lowest BCUT2D eigenvalue weighted by atomic mass is 10.3. The van der Waals surface area contributed by atoms with Gasteiger partial charge in [-0.2, -0.15) is 8.42 Å². The van der Waals surface area contributed by atoms with E-state index in [1.54, 1.807) is 12.1 Å². The van der Waals surface area contributed by atoms with E-state index in [-0.39, 0.29) is 22.1 Å². The number of para-hydroxylation sites is 1. The average Bonchev–Trinajstić information content (AvgIpc) is 2.41. The van der Waals surface area contributed by atoms with E-state index >= 15 is 0 Å². The van der Waals surface area contributed by atoms with Crippen molar-refractivity contribution in [1.29, 1.82) is 0 Å². The van der Waals surface area contributed by atoms with Gasteiger partial charge in [0, 0.05) is 0 Å². The van der Waals surface area contributed by atoms with Crippen LogP contribution in [0.4, 0.5) is 0 Å². The predicted molar refractivity (Wildman–Crippen MR) is 68.9 cm³/mol. The molecule has 0 saturated carbocycles. The minimum Gasteiger partial charge on any atom is -0.508 e. The Bertz CT molecular complexity index is 662. The van der Waals surface area contributed by atoms with E-state index in [4.69, 9.17) is 14.0 Å². The summed E-state index contributed by atoms with van der Waals surface area (Å²) in [4.78, 5) is -0.0504. The Labute approximate surface area is 111 Å². The van der Waals surface area contributed by atoms with Gasteiger partial charge in [-0.25, -0.2) is 0 Å². The Morgan fingerprint density at radius 2 is 1.63 bits per heavy atom. The topological polar surface area (TPSA) is 72.8 Å². The molecule has 0 atom stereocenters. The van der Waals surface area contributed by atoms with Crippen molar-refractivity contribution >= 4 is 10.1 Å². The second-order valence-electron chi connectivity index (χ2n) is 3.68.